The second kappa shape index (κ2) is 4.35. The molecule has 0 spiro atoms. The molecule has 0 saturated carbocycles. The first-order valence-corrected chi connectivity index (χ1v) is 6.62. The van der Waals surface area contributed by atoms with Gasteiger partial charge in [-0.25, -0.2) is 5.14 Å². The molecule has 1 rings (SSSR count). The van der Waals surface area contributed by atoms with E-state index in [-0.39, 0.29) is 10.2 Å². The first kappa shape index (κ1) is 12.9. The first-order chi connectivity index (χ1) is 7.20. The lowest BCUT2D eigenvalue weighted by atomic mass is 10.3. The fourth-order valence-corrected chi connectivity index (χ4v) is 2.08. The third-order valence-corrected chi connectivity index (χ3v) is 2.50. The van der Waals surface area contributed by atoms with Gasteiger partial charge in [0.1, 0.15) is 0 Å². The highest BCUT2D eigenvalue weighted by atomic mass is 32.3. The molecule has 0 atom stereocenters. The topological polar surface area (TPSA) is 127 Å². The van der Waals surface area contributed by atoms with E-state index in [1.54, 1.807) is 6.07 Å². The molecule has 0 aliphatic heterocycles. The van der Waals surface area contributed by atoms with Crippen molar-refractivity contribution in [1.29, 1.82) is 0 Å². The van der Waals surface area contributed by atoms with Crippen LogP contribution in [0.2, 0.25) is 0 Å². The van der Waals surface area contributed by atoms with Gasteiger partial charge in [0.05, 0.1) is 5.69 Å². The quantitative estimate of drug-likeness (QED) is 0.556. The highest BCUT2D eigenvalue weighted by molar-refractivity contribution is 7.89. The number of hydrogen-bond acceptors (Lipinski definition) is 5. The molecule has 3 N–H and O–H groups in total. The maximum atomic E-state index is 10.8. The highest BCUT2D eigenvalue weighted by Gasteiger charge is 2.25. The monoisotopic (exact) mass is 268 g/mol. The molecule has 0 aromatic heterocycles. The van der Waals surface area contributed by atoms with Crippen LogP contribution in [-0.4, -0.2) is 21.4 Å². The number of para-hydroxylation sites is 1. The molecule has 0 aliphatic rings. The largest absolute Gasteiger partial charge is 0.383 e. The van der Waals surface area contributed by atoms with E-state index in [0.29, 0.717) is 0 Å². The Kier molecular flexibility index (Phi) is 3.50. The fraction of sp³-hybridized carbons (Fsp3) is 0. The van der Waals surface area contributed by atoms with Gasteiger partial charge in [0.15, 0.2) is 0 Å². The average molecular weight is 268 g/mol. The molecule has 0 radical (unpaired) electrons. The number of hydrogen-bond donors (Lipinski definition) is 2. The Morgan fingerprint density at radius 2 is 1.62 bits per heavy atom. The standard InChI is InChI=1S/C6H8N2O6S2/c7-15(9,10)14-8(16(11,12)13)6-4-2-1-3-5-6/h1-5H,(H2,7,9,10)(H,11,12,13). The molecule has 1 aromatic carbocycles. The van der Waals surface area contributed by atoms with Crippen LogP contribution in [0.15, 0.2) is 30.3 Å². The van der Waals surface area contributed by atoms with Crippen molar-refractivity contribution in [2.75, 3.05) is 4.47 Å². The molecule has 10 heteroatoms. The molecule has 16 heavy (non-hydrogen) atoms. The van der Waals surface area contributed by atoms with Crippen LogP contribution in [0.4, 0.5) is 5.69 Å². The molecule has 1 aromatic rings. The molecule has 0 bridgehead atoms. The Morgan fingerprint density at radius 3 is 2.00 bits per heavy atom. The Hall–Kier alpha value is -1.20. The zero-order chi connectivity index (χ0) is 12.4. The van der Waals surface area contributed by atoms with Crippen LogP contribution < -0.4 is 9.61 Å². The Bertz CT molecular complexity index is 552. The maximum absolute atomic E-state index is 10.8. The lowest BCUT2D eigenvalue weighted by Crippen LogP contribution is -2.35. The molecule has 0 heterocycles. The van der Waals surface area contributed by atoms with Crippen molar-refractivity contribution < 1.29 is 25.7 Å². The summed E-state index contributed by atoms with van der Waals surface area (Å²) >= 11 is 0. The summed E-state index contributed by atoms with van der Waals surface area (Å²) in [6.07, 6.45) is 0. The summed E-state index contributed by atoms with van der Waals surface area (Å²) in [4.78, 5) is 0. The van der Waals surface area contributed by atoms with Gasteiger partial charge in [0.2, 0.25) is 0 Å². The van der Waals surface area contributed by atoms with Gasteiger partial charge in [-0.05, 0) is 12.1 Å². The van der Waals surface area contributed by atoms with E-state index in [2.05, 4.69) is 9.42 Å². The number of rotatable bonds is 4. The molecule has 0 saturated heterocycles. The number of anilines is 1. The van der Waals surface area contributed by atoms with Gasteiger partial charge in [0.25, 0.3) is 0 Å². The van der Waals surface area contributed by atoms with Crippen LogP contribution >= 0.6 is 0 Å². The lowest BCUT2D eigenvalue weighted by molar-refractivity contribution is 0.317. The van der Waals surface area contributed by atoms with Crippen LogP contribution in [0.25, 0.3) is 0 Å². The van der Waals surface area contributed by atoms with Crippen molar-refractivity contribution in [3.05, 3.63) is 30.3 Å². The van der Waals surface area contributed by atoms with Crippen molar-refractivity contribution >= 4 is 26.3 Å². The SMILES string of the molecule is NS(=O)(=O)ON(c1ccccc1)S(=O)(=O)O. The van der Waals surface area contributed by atoms with Crippen LogP contribution in [0.1, 0.15) is 0 Å². The van der Waals surface area contributed by atoms with Gasteiger partial charge in [-0.1, -0.05) is 18.2 Å². The second-order valence-corrected chi connectivity index (χ2v) is 4.97. The van der Waals surface area contributed by atoms with Crippen LogP contribution in [0.5, 0.6) is 0 Å². The summed E-state index contributed by atoms with van der Waals surface area (Å²) < 4.78 is 55.4. The second-order valence-electron chi connectivity index (χ2n) is 2.61. The number of benzene rings is 1. The summed E-state index contributed by atoms with van der Waals surface area (Å²) in [6, 6.07) is 6.81. The predicted molar refractivity (Wildman–Crippen MR) is 54.7 cm³/mol. The van der Waals surface area contributed by atoms with Gasteiger partial charge in [-0.15, -0.1) is 8.75 Å². The van der Waals surface area contributed by atoms with Crippen molar-refractivity contribution in [3.8, 4) is 0 Å². The summed E-state index contributed by atoms with van der Waals surface area (Å²) in [6.45, 7) is 0. The first-order valence-electron chi connectivity index (χ1n) is 3.75. The molecular weight excluding hydrogens is 260 g/mol. The summed E-state index contributed by atoms with van der Waals surface area (Å²) in [5.74, 6) is 0. The summed E-state index contributed by atoms with van der Waals surface area (Å²) in [7, 11) is -9.47. The molecule has 0 amide bonds. The molecule has 90 valence electrons. The average Bonchev–Trinajstić information content (AvgIpc) is 2.13. The van der Waals surface area contributed by atoms with E-state index in [9.17, 15) is 16.8 Å². The van der Waals surface area contributed by atoms with E-state index in [1.807, 2.05) is 0 Å². The highest BCUT2D eigenvalue weighted by Crippen LogP contribution is 2.17. The zero-order valence-corrected chi connectivity index (χ0v) is 9.35. The van der Waals surface area contributed by atoms with Crippen molar-refractivity contribution in [2.24, 2.45) is 5.14 Å². The molecule has 0 unspecified atom stereocenters. The summed E-state index contributed by atoms with van der Waals surface area (Å²) in [5, 5.41) is 4.50. The smallest absolute Gasteiger partial charge is 0.267 e. The van der Waals surface area contributed by atoms with E-state index >= 15 is 0 Å². The fourth-order valence-electron chi connectivity index (χ4n) is 0.859. The molecule has 0 fully saturated rings. The molecule has 8 nitrogen and oxygen atoms in total. The maximum Gasteiger partial charge on any atom is 0.383 e. The third-order valence-electron chi connectivity index (χ3n) is 1.35. The molecular formula is C6H8N2O6S2. The minimum Gasteiger partial charge on any atom is -0.267 e. The minimum absolute atomic E-state index is 0.206. The molecule has 0 aliphatic carbocycles. The van der Waals surface area contributed by atoms with Crippen LogP contribution in [-0.2, 0) is 24.9 Å². The lowest BCUT2D eigenvalue weighted by Gasteiger charge is -2.17. The normalized spacial score (nSPS) is 12.4. The van der Waals surface area contributed by atoms with Gasteiger partial charge >= 0.3 is 20.6 Å². The third kappa shape index (κ3) is 3.75. The van der Waals surface area contributed by atoms with E-state index in [1.165, 1.54) is 24.3 Å². The predicted octanol–water partition coefficient (Wildman–Crippen LogP) is -0.569. The van der Waals surface area contributed by atoms with Gasteiger partial charge < -0.3 is 0 Å². The Labute approximate surface area is 92.3 Å². The van der Waals surface area contributed by atoms with Gasteiger partial charge in [0, 0.05) is 0 Å². The number of nitrogens with two attached hydrogens (primary N) is 1. The van der Waals surface area contributed by atoms with E-state index in [0.717, 1.165) is 0 Å². The van der Waals surface area contributed by atoms with Gasteiger partial charge in [-0.3, -0.25) is 4.55 Å². The van der Waals surface area contributed by atoms with Gasteiger partial charge in [-0.2, -0.15) is 16.8 Å². The number of nitrogens with zero attached hydrogens (tertiary/aromatic N) is 1. The van der Waals surface area contributed by atoms with Crippen molar-refractivity contribution in [3.63, 3.8) is 0 Å². The Balaban J connectivity index is 3.19. The minimum atomic E-state index is -4.90. The summed E-state index contributed by atoms with van der Waals surface area (Å²) in [5.41, 5.74) is -0.209. The Morgan fingerprint density at radius 1 is 1.12 bits per heavy atom. The van der Waals surface area contributed by atoms with Crippen LogP contribution in [0, 0.1) is 0 Å². The van der Waals surface area contributed by atoms with Crippen molar-refractivity contribution in [2.45, 2.75) is 0 Å². The zero-order valence-electron chi connectivity index (χ0n) is 7.72. The van der Waals surface area contributed by atoms with E-state index in [4.69, 9.17) is 4.55 Å². The van der Waals surface area contributed by atoms with E-state index < -0.39 is 20.6 Å². The van der Waals surface area contributed by atoms with Crippen molar-refractivity contribution in [1.82, 2.24) is 0 Å². The van der Waals surface area contributed by atoms with Crippen LogP contribution in [0.3, 0.4) is 0 Å².